The Morgan fingerprint density at radius 3 is 2.47 bits per heavy atom. The van der Waals surface area contributed by atoms with Crippen LogP contribution < -0.4 is 14.8 Å². The van der Waals surface area contributed by atoms with E-state index < -0.39 is 12.0 Å². The Hall–Kier alpha value is -3.27. The van der Waals surface area contributed by atoms with Gasteiger partial charge < -0.3 is 24.4 Å². The standard InChI is InChI=1S/C26H38N4O6/c1-6-22(31)29-13-9-12-28(14-15-29)17-20-23(25(32)36-8-3)24(27-26(33)30(20)7-2)19-11-10-18(34-4)16-21(19)35-5/h10-11,16,24H,6-9,12-15,17H2,1-5H3,(H,27,33). The number of methoxy groups -OCH3 is 2. The fourth-order valence-corrected chi connectivity index (χ4v) is 4.76. The van der Waals surface area contributed by atoms with E-state index in [4.69, 9.17) is 14.2 Å². The summed E-state index contributed by atoms with van der Waals surface area (Å²) in [5.74, 6) is 0.758. The smallest absolute Gasteiger partial charge is 0.338 e. The highest BCUT2D eigenvalue weighted by molar-refractivity contribution is 5.95. The minimum atomic E-state index is -0.750. The van der Waals surface area contributed by atoms with Gasteiger partial charge in [-0.05, 0) is 32.4 Å². The monoisotopic (exact) mass is 502 g/mol. The number of carbonyl (C=O) groups is 3. The fourth-order valence-electron chi connectivity index (χ4n) is 4.76. The molecule has 0 bridgehead atoms. The maximum atomic E-state index is 13.4. The molecule has 3 amide bonds. The van der Waals surface area contributed by atoms with Gasteiger partial charge in [-0.3, -0.25) is 14.6 Å². The summed E-state index contributed by atoms with van der Waals surface area (Å²) in [6.07, 6.45) is 1.30. The molecule has 1 atom stereocenters. The minimum Gasteiger partial charge on any atom is -0.497 e. The molecule has 198 valence electrons. The Bertz CT molecular complexity index is 995. The number of urea groups is 1. The first kappa shape index (κ1) is 27.3. The molecular formula is C26H38N4O6. The van der Waals surface area contributed by atoms with Gasteiger partial charge in [0, 0.05) is 63.0 Å². The maximum absolute atomic E-state index is 13.4. The van der Waals surface area contributed by atoms with Crippen molar-refractivity contribution in [3.05, 3.63) is 35.0 Å². The summed E-state index contributed by atoms with van der Waals surface area (Å²) in [7, 11) is 3.10. The molecule has 3 rings (SSSR count). The summed E-state index contributed by atoms with van der Waals surface area (Å²) in [4.78, 5) is 44.5. The molecular weight excluding hydrogens is 464 g/mol. The Morgan fingerprint density at radius 2 is 1.83 bits per heavy atom. The van der Waals surface area contributed by atoms with Crippen LogP contribution in [-0.4, -0.2) is 92.7 Å². The molecule has 2 heterocycles. The first-order chi connectivity index (χ1) is 17.4. The van der Waals surface area contributed by atoms with E-state index in [-0.39, 0.29) is 18.5 Å². The number of benzene rings is 1. The number of ether oxygens (including phenoxy) is 3. The van der Waals surface area contributed by atoms with Crippen molar-refractivity contribution in [2.24, 2.45) is 0 Å². The van der Waals surface area contributed by atoms with Gasteiger partial charge in [-0.1, -0.05) is 6.92 Å². The summed E-state index contributed by atoms with van der Waals surface area (Å²) in [6, 6.07) is 4.25. The van der Waals surface area contributed by atoms with Gasteiger partial charge in [0.15, 0.2) is 0 Å². The summed E-state index contributed by atoms with van der Waals surface area (Å²) in [5, 5.41) is 2.98. The highest BCUT2D eigenvalue weighted by Crippen LogP contribution is 2.38. The van der Waals surface area contributed by atoms with Crippen LogP contribution in [0.4, 0.5) is 4.79 Å². The van der Waals surface area contributed by atoms with Crippen LogP contribution >= 0.6 is 0 Å². The molecule has 2 aliphatic heterocycles. The van der Waals surface area contributed by atoms with Gasteiger partial charge in [0.1, 0.15) is 11.5 Å². The number of amides is 3. The van der Waals surface area contributed by atoms with E-state index in [0.29, 0.717) is 67.5 Å². The molecule has 10 nitrogen and oxygen atoms in total. The third-order valence-corrected chi connectivity index (χ3v) is 6.62. The number of esters is 1. The van der Waals surface area contributed by atoms with Crippen LogP contribution in [0.25, 0.3) is 0 Å². The number of nitrogens with zero attached hydrogens (tertiary/aromatic N) is 3. The highest BCUT2D eigenvalue weighted by Gasteiger charge is 2.39. The lowest BCUT2D eigenvalue weighted by Gasteiger charge is -2.38. The third kappa shape index (κ3) is 5.92. The summed E-state index contributed by atoms with van der Waals surface area (Å²) in [5.41, 5.74) is 1.63. The zero-order chi connectivity index (χ0) is 26.2. The fraction of sp³-hybridized carbons (Fsp3) is 0.577. The lowest BCUT2D eigenvalue weighted by atomic mass is 9.93. The predicted molar refractivity (Wildman–Crippen MR) is 135 cm³/mol. The third-order valence-electron chi connectivity index (χ3n) is 6.62. The second-order valence-corrected chi connectivity index (χ2v) is 8.68. The van der Waals surface area contributed by atoms with Crippen molar-refractivity contribution >= 4 is 17.9 Å². The molecule has 0 aliphatic carbocycles. The van der Waals surface area contributed by atoms with Crippen LogP contribution in [0.2, 0.25) is 0 Å². The molecule has 1 N–H and O–H groups in total. The number of carbonyl (C=O) groups excluding carboxylic acids is 3. The molecule has 1 saturated heterocycles. The molecule has 1 aromatic rings. The quantitative estimate of drug-likeness (QED) is 0.518. The number of likely N-dealkylation sites (N-methyl/N-ethyl adjacent to an activating group) is 1. The van der Waals surface area contributed by atoms with Gasteiger partial charge in [0.05, 0.1) is 32.4 Å². The van der Waals surface area contributed by atoms with Crippen LogP contribution in [0, 0.1) is 0 Å². The average molecular weight is 503 g/mol. The van der Waals surface area contributed by atoms with E-state index in [2.05, 4.69) is 10.2 Å². The van der Waals surface area contributed by atoms with Crippen LogP contribution in [0.15, 0.2) is 29.5 Å². The van der Waals surface area contributed by atoms with Gasteiger partial charge >= 0.3 is 12.0 Å². The van der Waals surface area contributed by atoms with E-state index >= 15 is 0 Å². The molecule has 36 heavy (non-hydrogen) atoms. The first-order valence-corrected chi connectivity index (χ1v) is 12.6. The lowest BCUT2D eigenvalue weighted by molar-refractivity contribution is -0.139. The number of hydrogen-bond donors (Lipinski definition) is 1. The van der Waals surface area contributed by atoms with Crippen molar-refractivity contribution in [2.75, 3.05) is 60.1 Å². The van der Waals surface area contributed by atoms with Crippen molar-refractivity contribution in [1.29, 1.82) is 0 Å². The van der Waals surface area contributed by atoms with E-state index in [1.54, 1.807) is 37.1 Å². The van der Waals surface area contributed by atoms with E-state index in [1.807, 2.05) is 18.7 Å². The largest absolute Gasteiger partial charge is 0.497 e. The van der Waals surface area contributed by atoms with Crippen LogP contribution in [0.1, 0.15) is 45.2 Å². The molecule has 1 unspecified atom stereocenters. The maximum Gasteiger partial charge on any atom is 0.338 e. The Morgan fingerprint density at radius 1 is 1.06 bits per heavy atom. The van der Waals surface area contributed by atoms with Gasteiger partial charge in [-0.25, -0.2) is 9.59 Å². The summed E-state index contributed by atoms with van der Waals surface area (Å²) < 4.78 is 16.4. The van der Waals surface area contributed by atoms with Crippen molar-refractivity contribution in [1.82, 2.24) is 20.0 Å². The van der Waals surface area contributed by atoms with Gasteiger partial charge in [-0.15, -0.1) is 0 Å². The molecule has 1 fully saturated rings. The van der Waals surface area contributed by atoms with Crippen LogP contribution in [0.3, 0.4) is 0 Å². The number of hydrogen-bond acceptors (Lipinski definition) is 7. The predicted octanol–water partition coefficient (Wildman–Crippen LogP) is 2.55. The van der Waals surface area contributed by atoms with Crippen molar-refractivity contribution < 1.29 is 28.6 Å². The normalized spacial score (nSPS) is 19.0. The molecule has 0 spiro atoms. The molecule has 1 aromatic carbocycles. The van der Waals surface area contributed by atoms with E-state index in [1.165, 1.54) is 7.11 Å². The van der Waals surface area contributed by atoms with E-state index in [0.717, 1.165) is 13.0 Å². The van der Waals surface area contributed by atoms with Crippen molar-refractivity contribution in [3.8, 4) is 11.5 Å². The highest BCUT2D eigenvalue weighted by atomic mass is 16.5. The zero-order valence-electron chi connectivity index (χ0n) is 22.0. The lowest BCUT2D eigenvalue weighted by Crippen LogP contribution is -2.51. The average Bonchev–Trinajstić information content (AvgIpc) is 3.13. The molecule has 0 aromatic heterocycles. The Labute approximate surface area is 213 Å². The molecule has 10 heteroatoms. The number of nitrogens with one attached hydrogen (secondary N) is 1. The van der Waals surface area contributed by atoms with Crippen LogP contribution in [-0.2, 0) is 14.3 Å². The number of rotatable bonds is 9. The van der Waals surface area contributed by atoms with Crippen molar-refractivity contribution in [2.45, 2.75) is 39.7 Å². The summed E-state index contributed by atoms with van der Waals surface area (Å²) >= 11 is 0. The van der Waals surface area contributed by atoms with Crippen molar-refractivity contribution in [3.63, 3.8) is 0 Å². The van der Waals surface area contributed by atoms with Gasteiger partial charge in [-0.2, -0.15) is 0 Å². The van der Waals surface area contributed by atoms with Crippen LogP contribution in [0.5, 0.6) is 11.5 Å². The van der Waals surface area contributed by atoms with Gasteiger partial charge in [0.2, 0.25) is 5.91 Å². The molecule has 0 radical (unpaired) electrons. The Kier molecular flexibility index (Phi) is 9.58. The molecule has 2 aliphatic rings. The van der Waals surface area contributed by atoms with E-state index in [9.17, 15) is 14.4 Å². The second-order valence-electron chi connectivity index (χ2n) is 8.68. The topological polar surface area (TPSA) is 101 Å². The molecule has 0 saturated carbocycles. The Balaban J connectivity index is 2.05. The van der Waals surface area contributed by atoms with Gasteiger partial charge in [0.25, 0.3) is 0 Å². The SMILES string of the molecule is CCOC(=O)C1=C(CN2CCCN(C(=O)CC)CC2)N(CC)C(=O)NC1c1ccc(OC)cc1OC. The summed E-state index contributed by atoms with van der Waals surface area (Å²) in [6.45, 7) is 9.22. The zero-order valence-corrected chi connectivity index (χ0v) is 22.0. The first-order valence-electron chi connectivity index (χ1n) is 12.6. The minimum absolute atomic E-state index is 0.141. The second kappa shape index (κ2) is 12.6.